The van der Waals surface area contributed by atoms with Crippen LogP contribution in [-0.4, -0.2) is 18.2 Å². The van der Waals surface area contributed by atoms with E-state index in [1.165, 1.54) is 22.9 Å². The van der Waals surface area contributed by atoms with Gasteiger partial charge in [0.1, 0.15) is 0 Å². The van der Waals surface area contributed by atoms with E-state index in [2.05, 4.69) is 5.10 Å². The number of fused-ring (bicyclic) bond motifs is 1. The average molecular weight is 381 g/mol. The normalized spacial score (nSPS) is 11.8. The van der Waals surface area contributed by atoms with Crippen molar-refractivity contribution in [2.24, 2.45) is 5.14 Å². The van der Waals surface area contributed by atoms with Crippen LogP contribution in [0.4, 0.5) is 0 Å². The number of hydrogen-bond donors (Lipinski definition) is 1. The van der Waals surface area contributed by atoms with Crippen molar-refractivity contribution in [3.05, 3.63) is 76.8 Å². The van der Waals surface area contributed by atoms with E-state index < -0.39 is 15.6 Å². The Hall–Kier alpha value is -3.23. The first kappa shape index (κ1) is 17.2. The van der Waals surface area contributed by atoms with E-state index >= 15 is 0 Å². The van der Waals surface area contributed by atoms with Crippen LogP contribution in [0.25, 0.3) is 27.9 Å². The van der Waals surface area contributed by atoms with Crippen molar-refractivity contribution in [3.8, 4) is 16.8 Å². The zero-order valence-corrected chi connectivity index (χ0v) is 15.1. The minimum Gasteiger partial charge on any atom is -0.403 e. The smallest absolute Gasteiger partial charge is 0.338 e. The van der Waals surface area contributed by atoms with Gasteiger partial charge in [-0.15, -0.1) is 0 Å². The molecule has 0 spiro atoms. The quantitative estimate of drug-likeness (QED) is 0.587. The topological polar surface area (TPSA) is 108 Å². The lowest BCUT2D eigenvalue weighted by Gasteiger charge is -2.05. The third kappa shape index (κ3) is 3.05. The maximum atomic E-state index is 12.2. The monoisotopic (exact) mass is 381 g/mol. The molecule has 0 saturated carbocycles. The molecule has 0 unspecified atom stereocenters. The number of rotatable bonds is 3. The minimum absolute atomic E-state index is 0.00846. The van der Waals surface area contributed by atoms with Crippen LogP contribution in [0.5, 0.6) is 0 Å². The molecule has 7 nitrogen and oxygen atoms in total. The van der Waals surface area contributed by atoms with Crippen LogP contribution in [0.1, 0.15) is 5.69 Å². The largest absolute Gasteiger partial charge is 0.403 e. The molecule has 2 aromatic carbocycles. The first-order valence-corrected chi connectivity index (χ1v) is 9.61. The van der Waals surface area contributed by atoms with Crippen molar-refractivity contribution < 1.29 is 12.8 Å². The lowest BCUT2D eigenvalue weighted by atomic mass is 10.0. The van der Waals surface area contributed by atoms with Crippen molar-refractivity contribution in [1.82, 2.24) is 9.78 Å². The Morgan fingerprint density at radius 2 is 1.70 bits per heavy atom. The predicted octanol–water partition coefficient (Wildman–Crippen LogP) is 2.60. The van der Waals surface area contributed by atoms with E-state index in [1.807, 2.05) is 37.3 Å². The van der Waals surface area contributed by atoms with Gasteiger partial charge in [-0.3, -0.25) is 0 Å². The summed E-state index contributed by atoms with van der Waals surface area (Å²) >= 11 is 0. The third-order valence-electron chi connectivity index (χ3n) is 4.24. The molecule has 0 amide bonds. The highest BCUT2D eigenvalue weighted by Crippen LogP contribution is 2.31. The summed E-state index contributed by atoms with van der Waals surface area (Å²) in [4.78, 5) is 12.1. The van der Waals surface area contributed by atoms with Crippen molar-refractivity contribution in [3.63, 3.8) is 0 Å². The first-order chi connectivity index (χ1) is 12.8. The highest BCUT2D eigenvalue weighted by Gasteiger charge is 2.18. The molecule has 4 aromatic rings. The maximum Gasteiger partial charge on any atom is 0.338 e. The number of hydrogen-bond acceptors (Lipinski definition) is 5. The van der Waals surface area contributed by atoms with Gasteiger partial charge < -0.3 is 4.42 Å². The third-order valence-corrected chi connectivity index (χ3v) is 5.17. The number of aryl methyl sites for hydroxylation is 1. The number of benzene rings is 2. The molecular formula is C19H15N3O4S. The molecule has 0 aliphatic carbocycles. The fourth-order valence-electron chi connectivity index (χ4n) is 3.02. The Labute approximate surface area is 154 Å². The molecule has 0 radical (unpaired) electrons. The number of nitrogens with zero attached hydrogens (tertiary/aromatic N) is 2. The Morgan fingerprint density at radius 3 is 2.33 bits per heavy atom. The summed E-state index contributed by atoms with van der Waals surface area (Å²) in [5, 5.41) is 10.3. The Kier molecular flexibility index (Phi) is 3.94. The highest BCUT2D eigenvalue weighted by molar-refractivity contribution is 7.89. The Morgan fingerprint density at radius 1 is 1.04 bits per heavy atom. The molecular weight excluding hydrogens is 366 g/mol. The van der Waals surface area contributed by atoms with E-state index in [9.17, 15) is 13.2 Å². The van der Waals surface area contributed by atoms with E-state index in [0.29, 0.717) is 17.1 Å². The van der Waals surface area contributed by atoms with E-state index in [1.54, 1.807) is 12.1 Å². The molecule has 8 heteroatoms. The molecule has 0 fully saturated rings. The molecule has 0 atom stereocenters. The van der Waals surface area contributed by atoms with Crippen LogP contribution < -0.4 is 10.8 Å². The SMILES string of the molecule is Cc1nn(-c2ccc(S(N)(=O)=O)cc2)c2oc(=O)cc(-c3ccccc3)c12. The summed E-state index contributed by atoms with van der Waals surface area (Å²) in [6.07, 6.45) is 0. The lowest BCUT2D eigenvalue weighted by Crippen LogP contribution is -2.12. The first-order valence-electron chi connectivity index (χ1n) is 8.07. The van der Waals surface area contributed by atoms with Crippen molar-refractivity contribution in [2.75, 3.05) is 0 Å². The average Bonchev–Trinajstić information content (AvgIpc) is 2.97. The lowest BCUT2D eigenvalue weighted by molar-refractivity contribution is 0.536. The van der Waals surface area contributed by atoms with Gasteiger partial charge in [-0.25, -0.2) is 18.4 Å². The summed E-state index contributed by atoms with van der Waals surface area (Å²) in [7, 11) is -3.79. The number of aromatic nitrogens is 2. The van der Waals surface area contributed by atoms with Gasteiger partial charge in [0.25, 0.3) is 0 Å². The van der Waals surface area contributed by atoms with Crippen LogP contribution in [-0.2, 0) is 10.0 Å². The second kappa shape index (κ2) is 6.19. The van der Waals surface area contributed by atoms with Gasteiger partial charge in [-0.05, 0) is 36.8 Å². The van der Waals surface area contributed by atoms with Gasteiger partial charge in [0.15, 0.2) is 0 Å². The zero-order chi connectivity index (χ0) is 19.2. The second-order valence-electron chi connectivity index (χ2n) is 6.06. The van der Waals surface area contributed by atoms with Crippen LogP contribution in [0.3, 0.4) is 0 Å². The molecule has 0 aliphatic heterocycles. The summed E-state index contributed by atoms with van der Waals surface area (Å²) in [5.41, 5.74) is 2.64. The minimum atomic E-state index is -3.79. The molecule has 27 heavy (non-hydrogen) atoms. The molecule has 2 aromatic heterocycles. The Bertz CT molecular complexity index is 1310. The van der Waals surface area contributed by atoms with E-state index in [0.717, 1.165) is 16.5 Å². The zero-order valence-electron chi connectivity index (χ0n) is 14.3. The van der Waals surface area contributed by atoms with E-state index in [4.69, 9.17) is 9.56 Å². The molecule has 2 heterocycles. The predicted molar refractivity (Wildman–Crippen MR) is 101 cm³/mol. The molecule has 0 bridgehead atoms. The van der Waals surface area contributed by atoms with Crippen LogP contribution >= 0.6 is 0 Å². The maximum absolute atomic E-state index is 12.2. The van der Waals surface area contributed by atoms with Gasteiger partial charge in [0.05, 0.1) is 21.7 Å². The Balaban J connectivity index is 1.97. The van der Waals surface area contributed by atoms with Crippen LogP contribution in [0.2, 0.25) is 0 Å². The highest BCUT2D eigenvalue weighted by atomic mass is 32.2. The summed E-state index contributed by atoms with van der Waals surface area (Å²) in [5.74, 6) is 0. The van der Waals surface area contributed by atoms with Gasteiger partial charge in [-0.1, -0.05) is 30.3 Å². The molecule has 2 N–H and O–H groups in total. The summed E-state index contributed by atoms with van der Waals surface area (Å²) in [6.45, 7) is 1.82. The summed E-state index contributed by atoms with van der Waals surface area (Å²) in [6, 6.07) is 16.8. The van der Waals surface area contributed by atoms with Gasteiger partial charge in [-0.2, -0.15) is 9.78 Å². The molecule has 0 aliphatic rings. The molecule has 4 rings (SSSR count). The van der Waals surface area contributed by atoms with Crippen LogP contribution in [0, 0.1) is 6.92 Å². The fraction of sp³-hybridized carbons (Fsp3) is 0.0526. The number of primary sulfonamides is 1. The fourth-order valence-corrected chi connectivity index (χ4v) is 3.54. The summed E-state index contributed by atoms with van der Waals surface area (Å²) < 4.78 is 29.8. The molecule has 136 valence electrons. The van der Waals surface area contributed by atoms with Crippen molar-refractivity contribution in [1.29, 1.82) is 0 Å². The van der Waals surface area contributed by atoms with Gasteiger partial charge >= 0.3 is 5.63 Å². The number of sulfonamides is 1. The van der Waals surface area contributed by atoms with Crippen LogP contribution in [0.15, 0.2) is 74.8 Å². The van der Waals surface area contributed by atoms with Crippen molar-refractivity contribution in [2.45, 2.75) is 11.8 Å². The van der Waals surface area contributed by atoms with Gasteiger partial charge in [0.2, 0.25) is 15.7 Å². The molecule has 0 saturated heterocycles. The standard InChI is InChI=1S/C19H15N3O4S/c1-12-18-16(13-5-3-2-4-6-13)11-17(23)26-19(18)22(21-12)14-7-9-15(10-8-14)27(20,24)25/h2-11H,1H3,(H2,20,24,25). The van der Waals surface area contributed by atoms with Crippen molar-refractivity contribution >= 4 is 21.1 Å². The van der Waals surface area contributed by atoms with E-state index in [-0.39, 0.29) is 4.90 Å². The second-order valence-corrected chi connectivity index (χ2v) is 7.62. The number of nitrogens with two attached hydrogens (primary N) is 1. The van der Waals surface area contributed by atoms with Gasteiger partial charge in [0, 0.05) is 11.6 Å².